The zero-order valence-electron chi connectivity index (χ0n) is 27.4. The lowest BCUT2D eigenvalue weighted by atomic mass is 10.00. The number of hydrogen-bond acceptors (Lipinski definition) is 6. The van der Waals surface area contributed by atoms with Crippen molar-refractivity contribution in [3.05, 3.63) is 82.2 Å². The van der Waals surface area contributed by atoms with Crippen molar-refractivity contribution in [2.45, 2.75) is 53.4 Å². The van der Waals surface area contributed by atoms with Gasteiger partial charge in [-0.1, -0.05) is 25.3 Å². The van der Waals surface area contributed by atoms with Gasteiger partial charge < -0.3 is 19.4 Å². The van der Waals surface area contributed by atoms with Gasteiger partial charge in [0.1, 0.15) is 0 Å². The van der Waals surface area contributed by atoms with Crippen LogP contribution >= 0.6 is 63.7 Å². The first-order valence-electron chi connectivity index (χ1n) is 15.1. The fraction of sp³-hybridized carbons (Fsp3) is 0.278. The van der Waals surface area contributed by atoms with Crippen LogP contribution in [0.3, 0.4) is 0 Å². The third kappa shape index (κ3) is 6.14. The van der Waals surface area contributed by atoms with E-state index < -0.39 is 0 Å². The average molecular weight is 906 g/mol. The lowest BCUT2D eigenvalue weighted by Gasteiger charge is -2.07. The van der Waals surface area contributed by atoms with E-state index in [1.165, 1.54) is 14.2 Å². The van der Waals surface area contributed by atoms with Crippen LogP contribution in [0.4, 0.5) is 0 Å². The summed E-state index contributed by atoms with van der Waals surface area (Å²) in [6, 6.07) is 0. The number of rotatable bonds is 8. The Balaban J connectivity index is 2.06. The Labute approximate surface area is 312 Å². The van der Waals surface area contributed by atoms with E-state index in [0.29, 0.717) is 28.7 Å². The molecule has 0 atom stereocenters. The van der Waals surface area contributed by atoms with Gasteiger partial charge >= 0.3 is 11.9 Å². The van der Waals surface area contributed by atoms with Crippen LogP contribution in [0.1, 0.15) is 78.1 Å². The number of allylic oxidation sites excluding steroid dienone is 5. The van der Waals surface area contributed by atoms with Gasteiger partial charge in [-0.05, 0) is 138 Å². The molecule has 48 heavy (non-hydrogen) atoms. The molecule has 2 aliphatic rings. The number of aromatic amines is 2. The number of fused-ring (bicyclic) bond motifs is 8. The van der Waals surface area contributed by atoms with E-state index in [9.17, 15) is 9.59 Å². The van der Waals surface area contributed by atoms with E-state index in [1.807, 2.05) is 39.8 Å². The minimum absolute atomic E-state index is 0.179. The van der Waals surface area contributed by atoms with Crippen LogP contribution in [0.15, 0.2) is 37.1 Å². The van der Waals surface area contributed by atoms with Crippen LogP contribution in [-0.2, 0) is 25.5 Å². The fourth-order valence-corrected chi connectivity index (χ4v) is 9.06. The maximum Gasteiger partial charge on any atom is 0.305 e. The summed E-state index contributed by atoms with van der Waals surface area (Å²) in [7, 11) is 2.77. The number of esters is 2. The van der Waals surface area contributed by atoms with Crippen LogP contribution in [0, 0.1) is 13.8 Å². The van der Waals surface area contributed by atoms with E-state index in [2.05, 4.69) is 86.8 Å². The van der Waals surface area contributed by atoms with Gasteiger partial charge in [-0.25, -0.2) is 9.97 Å². The van der Waals surface area contributed by atoms with E-state index in [1.54, 1.807) is 0 Å². The normalized spacial score (nSPS) is 12.9. The summed E-state index contributed by atoms with van der Waals surface area (Å²) in [5.74, 6) is -0.624. The first-order valence-corrected chi connectivity index (χ1v) is 18.3. The predicted octanol–water partition coefficient (Wildman–Crippen LogP) is 10.7. The minimum Gasteiger partial charge on any atom is -0.469 e. The molecule has 3 aromatic rings. The average Bonchev–Trinajstić information content (AvgIpc) is 3.80. The van der Waals surface area contributed by atoms with Crippen molar-refractivity contribution in [3.63, 3.8) is 0 Å². The maximum absolute atomic E-state index is 12.3. The van der Waals surface area contributed by atoms with Crippen molar-refractivity contribution >= 4 is 126 Å². The summed E-state index contributed by atoms with van der Waals surface area (Å²) in [5, 5.41) is 0. The molecule has 0 amide bonds. The number of aryl methyl sites for hydroxylation is 3. The van der Waals surface area contributed by atoms with E-state index >= 15 is 0 Å². The van der Waals surface area contributed by atoms with Gasteiger partial charge in [0.05, 0.1) is 77.0 Å². The number of nitrogens with one attached hydrogen (secondary N) is 2. The highest BCUT2D eigenvalue weighted by Crippen LogP contribution is 2.45. The Bertz CT molecular complexity index is 2170. The Morgan fingerprint density at radius 1 is 0.667 bits per heavy atom. The van der Waals surface area contributed by atoms with Crippen LogP contribution in [0.2, 0.25) is 0 Å². The Hall–Kier alpha value is -3.06. The molecule has 2 N–H and O–H groups in total. The number of aromatic nitrogens is 4. The predicted molar refractivity (Wildman–Crippen MR) is 208 cm³/mol. The highest BCUT2D eigenvalue weighted by Gasteiger charge is 2.27. The van der Waals surface area contributed by atoms with Gasteiger partial charge in [-0.3, -0.25) is 9.59 Å². The van der Waals surface area contributed by atoms with E-state index in [-0.39, 0.29) is 24.8 Å². The molecule has 0 unspecified atom stereocenters. The summed E-state index contributed by atoms with van der Waals surface area (Å²) in [6.07, 6.45) is 4.83. The minimum atomic E-state index is -0.314. The highest BCUT2D eigenvalue weighted by molar-refractivity contribution is 9.11. The molecule has 0 fully saturated rings. The monoisotopic (exact) mass is 902 g/mol. The van der Waals surface area contributed by atoms with Gasteiger partial charge in [0.2, 0.25) is 0 Å². The first kappa shape index (κ1) is 36.2. The van der Waals surface area contributed by atoms with Crippen LogP contribution in [-0.4, -0.2) is 46.1 Å². The molecule has 0 spiro atoms. The Kier molecular flexibility index (Phi) is 10.9. The number of hydrogen-bond donors (Lipinski definition) is 2. The smallest absolute Gasteiger partial charge is 0.305 e. The molecule has 8 bridgehead atoms. The van der Waals surface area contributed by atoms with Crippen molar-refractivity contribution in [3.8, 4) is 0 Å². The lowest BCUT2D eigenvalue weighted by Crippen LogP contribution is -2.02. The molecule has 2 aliphatic heterocycles. The first-order chi connectivity index (χ1) is 22.8. The molecule has 8 nitrogen and oxygen atoms in total. The van der Waals surface area contributed by atoms with E-state index in [4.69, 9.17) is 19.4 Å². The van der Waals surface area contributed by atoms with Gasteiger partial charge in [0, 0.05) is 24.0 Å². The quantitative estimate of drug-likeness (QED) is 0.218. The molecule has 0 saturated carbocycles. The molecule has 250 valence electrons. The number of halogens is 4. The number of carbonyl (C=O) groups excluding carboxylic acids is 2. The second-order valence-electron chi connectivity index (χ2n) is 11.5. The number of methoxy groups -OCH3 is 2. The number of ether oxygens (including phenoxy) is 2. The lowest BCUT2D eigenvalue weighted by molar-refractivity contribution is -0.141. The van der Waals surface area contributed by atoms with Crippen molar-refractivity contribution in [1.82, 2.24) is 19.9 Å². The summed E-state index contributed by atoms with van der Waals surface area (Å²) >= 11 is 15.6. The van der Waals surface area contributed by atoms with Gasteiger partial charge in [-0.15, -0.1) is 0 Å². The summed E-state index contributed by atoms with van der Waals surface area (Å²) in [5.41, 5.74) is 13.5. The topological polar surface area (TPSA) is 110 Å². The number of nitrogens with zero attached hydrogens (tertiary/aromatic N) is 2. The standard InChI is InChI=1S/C36H34Br4N4O4/c1-9-19-15(3)29-25(37)31-17(5)21(11-13-23(45)47-7)35(43-31)28(40)36-22(12-14-24(46)48-8)18(6)32(44-36)27(39)34-20(10-2)16(4)30(42-34)26(38)33(19)41-29/h9-10,42-43H,1-2,11-14H2,3-8H3. The van der Waals surface area contributed by atoms with Crippen molar-refractivity contribution in [1.29, 1.82) is 0 Å². The number of carbonyl (C=O) groups is 2. The van der Waals surface area contributed by atoms with Crippen molar-refractivity contribution in [2.75, 3.05) is 14.2 Å². The summed E-state index contributed by atoms with van der Waals surface area (Å²) < 4.78 is 12.9. The Morgan fingerprint density at radius 3 is 1.77 bits per heavy atom. The van der Waals surface area contributed by atoms with Gasteiger partial charge in [0.15, 0.2) is 0 Å². The molecule has 12 heteroatoms. The second-order valence-corrected chi connectivity index (χ2v) is 14.6. The molecule has 5 rings (SSSR count). The third-order valence-corrected chi connectivity index (χ3v) is 12.1. The van der Waals surface area contributed by atoms with Crippen molar-refractivity contribution < 1.29 is 19.1 Å². The summed E-state index contributed by atoms with van der Waals surface area (Å²) in [6.45, 7) is 16.3. The number of H-pyrrole nitrogens is 2. The molecule has 0 saturated heterocycles. The highest BCUT2D eigenvalue weighted by atomic mass is 79.9. The third-order valence-electron chi connectivity index (χ3n) is 8.96. The molecular formula is C36H34Br4N4O4. The summed E-state index contributed by atoms with van der Waals surface area (Å²) in [4.78, 5) is 42.3. The maximum atomic E-state index is 12.3. The SMILES string of the molecule is C=CC1=C(C)c2nc1c(Br)c1[nH]c(c(Br)c3nc(c(Br)c4[nH]c(c(C)c4CCC(=O)OC)c2Br)C(CCC(=O)OC)=C3C)c(C=C)c1C. The zero-order chi connectivity index (χ0) is 35.2. The Morgan fingerprint density at radius 2 is 1.17 bits per heavy atom. The van der Waals surface area contributed by atoms with Crippen LogP contribution in [0.25, 0.3) is 50.4 Å². The van der Waals surface area contributed by atoms with Gasteiger partial charge in [-0.2, -0.15) is 0 Å². The van der Waals surface area contributed by atoms with Crippen molar-refractivity contribution in [2.24, 2.45) is 0 Å². The molecular weight excluding hydrogens is 872 g/mol. The largest absolute Gasteiger partial charge is 0.469 e. The van der Waals surface area contributed by atoms with E-state index in [0.717, 1.165) is 91.4 Å². The van der Waals surface area contributed by atoms with Crippen LogP contribution in [0.5, 0.6) is 0 Å². The molecule has 0 aliphatic carbocycles. The molecule has 5 heterocycles. The molecule has 0 aromatic carbocycles. The van der Waals surface area contributed by atoms with Gasteiger partial charge in [0.25, 0.3) is 0 Å². The van der Waals surface area contributed by atoms with Crippen LogP contribution < -0.4 is 0 Å². The molecule has 0 radical (unpaired) electrons. The fourth-order valence-electron chi connectivity index (χ4n) is 6.22. The zero-order valence-corrected chi connectivity index (χ0v) is 33.8. The second kappa shape index (κ2) is 14.4. The molecule has 3 aromatic heterocycles.